The Hall–Kier alpha value is -1.76. The van der Waals surface area contributed by atoms with Crippen LogP contribution in [0.4, 0.5) is 5.82 Å². The van der Waals surface area contributed by atoms with Crippen LogP contribution in [0.25, 0.3) is 11.2 Å². The molecule has 2 atom stereocenters. The predicted octanol–water partition coefficient (Wildman–Crippen LogP) is 0.762. The molecule has 106 valence electrons. The number of morpholine rings is 1. The van der Waals surface area contributed by atoms with E-state index in [4.69, 9.17) is 4.74 Å². The molecule has 0 radical (unpaired) electrons. The highest BCUT2D eigenvalue weighted by Crippen LogP contribution is 2.37. The van der Waals surface area contributed by atoms with Gasteiger partial charge in [0.25, 0.3) is 0 Å². The smallest absolute Gasteiger partial charge is 0.183 e. The summed E-state index contributed by atoms with van der Waals surface area (Å²) >= 11 is 0. The Balaban J connectivity index is 1.70. The van der Waals surface area contributed by atoms with Crippen molar-refractivity contribution in [1.29, 1.82) is 0 Å². The van der Waals surface area contributed by atoms with Crippen molar-refractivity contribution < 1.29 is 4.74 Å². The van der Waals surface area contributed by atoms with Gasteiger partial charge in [-0.05, 0) is 25.7 Å². The van der Waals surface area contributed by atoms with Crippen molar-refractivity contribution in [2.45, 2.75) is 32.0 Å². The number of fused-ring (bicyclic) bond motifs is 1. The predicted molar refractivity (Wildman–Crippen MR) is 73.4 cm³/mol. The van der Waals surface area contributed by atoms with Crippen molar-refractivity contribution in [2.75, 3.05) is 18.0 Å². The third-order valence-corrected chi connectivity index (χ3v) is 4.10. The molecule has 4 rings (SSSR count). The van der Waals surface area contributed by atoms with E-state index in [0.717, 1.165) is 36.0 Å². The molecule has 2 aromatic rings. The lowest BCUT2D eigenvalue weighted by atomic mass is 10.1. The molecule has 20 heavy (non-hydrogen) atoms. The molecule has 0 amide bonds. The monoisotopic (exact) mass is 274 g/mol. The average molecular weight is 274 g/mol. The Morgan fingerprint density at radius 3 is 2.90 bits per heavy atom. The van der Waals surface area contributed by atoms with Gasteiger partial charge in [0.1, 0.15) is 6.33 Å². The first-order valence-electron chi connectivity index (χ1n) is 7.13. The van der Waals surface area contributed by atoms with E-state index < -0.39 is 0 Å². The van der Waals surface area contributed by atoms with Crippen LogP contribution in [0, 0.1) is 5.92 Å². The topological polar surface area (TPSA) is 69.0 Å². The van der Waals surface area contributed by atoms with Gasteiger partial charge in [-0.15, -0.1) is 5.10 Å². The molecule has 1 saturated heterocycles. The van der Waals surface area contributed by atoms with Crippen LogP contribution in [-0.2, 0) is 11.8 Å². The van der Waals surface area contributed by atoms with Gasteiger partial charge in [0, 0.05) is 20.1 Å². The highest BCUT2D eigenvalue weighted by atomic mass is 16.5. The average Bonchev–Trinajstić information content (AvgIpc) is 3.23. The van der Waals surface area contributed by atoms with Crippen molar-refractivity contribution in [3.63, 3.8) is 0 Å². The van der Waals surface area contributed by atoms with Crippen LogP contribution in [0.15, 0.2) is 6.33 Å². The number of hydrogen-bond donors (Lipinski definition) is 0. The first-order valence-corrected chi connectivity index (χ1v) is 7.13. The van der Waals surface area contributed by atoms with E-state index in [-0.39, 0.29) is 6.10 Å². The third-order valence-electron chi connectivity index (χ3n) is 4.10. The van der Waals surface area contributed by atoms with Crippen LogP contribution in [0.5, 0.6) is 0 Å². The summed E-state index contributed by atoms with van der Waals surface area (Å²) in [6.45, 7) is 3.85. The molecule has 0 unspecified atom stereocenters. The molecule has 2 aliphatic rings. The highest BCUT2D eigenvalue weighted by molar-refractivity contribution is 5.82. The number of rotatable bonds is 2. The second kappa shape index (κ2) is 4.37. The molecule has 3 heterocycles. The largest absolute Gasteiger partial charge is 0.371 e. The number of aromatic nitrogens is 5. The normalized spacial score (nSPS) is 27.2. The van der Waals surface area contributed by atoms with Gasteiger partial charge in [0.05, 0.1) is 12.2 Å². The van der Waals surface area contributed by atoms with Gasteiger partial charge in [0.2, 0.25) is 0 Å². The lowest BCUT2D eigenvalue weighted by Gasteiger charge is -2.37. The maximum absolute atomic E-state index is 6.05. The molecule has 7 heteroatoms. The summed E-state index contributed by atoms with van der Waals surface area (Å²) in [5.74, 6) is 1.60. The van der Waals surface area contributed by atoms with Crippen LogP contribution in [-0.4, -0.2) is 50.3 Å². The summed E-state index contributed by atoms with van der Waals surface area (Å²) in [6.07, 6.45) is 4.70. The molecular formula is C13H18N6O. The van der Waals surface area contributed by atoms with Crippen molar-refractivity contribution >= 4 is 17.0 Å². The van der Waals surface area contributed by atoms with Gasteiger partial charge in [0.15, 0.2) is 17.0 Å². The minimum absolute atomic E-state index is 0.219. The number of aryl methyl sites for hydroxylation is 1. The molecule has 0 N–H and O–H groups in total. The lowest BCUT2D eigenvalue weighted by molar-refractivity contribution is -0.0273. The fourth-order valence-electron chi connectivity index (χ4n) is 2.96. The number of hydrogen-bond acceptors (Lipinski definition) is 6. The van der Waals surface area contributed by atoms with Crippen molar-refractivity contribution in [3.8, 4) is 0 Å². The van der Waals surface area contributed by atoms with Crippen LogP contribution in [0.2, 0.25) is 0 Å². The van der Waals surface area contributed by atoms with Gasteiger partial charge in [-0.3, -0.25) is 0 Å². The zero-order chi connectivity index (χ0) is 13.7. The Labute approximate surface area is 116 Å². The van der Waals surface area contributed by atoms with Gasteiger partial charge >= 0.3 is 0 Å². The van der Waals surface area contributed by atoms with Crippen LogP contribution >= 0.6 is 0 Å². The molecule has 7 nitrogen and oxygen atoms in total. The van der Waals surface area contributed by atoms with Gasteiger partial charge in [-0.25, -0.2) is 14.6 Å². The fraction of sp³-hybridized carbons (Fsp3) is 0.692. The Morgan fingerprint density at radius 2 is 2.10 bits per heavy atom. The molecule has 2 aromatic heterocycles. The standard InChI is InChI=1S/C13H18N6O/c1-8-5-19(6-10(20-8)9-3-4-9)13-11-12(14-7-15-13)18(2)17-16-11/h7-10H,3-6H2,1-2H3/t8-,10-/m0/s1. The molecule has 0 bridgehead atoms. The molecule has 0 spiro atoms. The number of anilines is 1. The second-order valence-corrected chi connectivity index (χ2v) is 5.81. The lowest BCUT2D eigenvalue weighted by Crippen LogP contribution is -2.48. The fourth-order valence-corrected chi connectivity index (χ4v) is 2.96. The minimum Gasteiger partial charge on any atom is -0.371 e. The first-order chi connectivity index (χ1) is 9.72. The van der Waals surface area contributed by atoms with Gasteiger partial charge in [-0.2, -0.15) is 0 Å². The third kappa shape index (κ3) is 1.93. The maximum Gasteiger partial charge on any atom is 0.183 e. The molecule has 0 aromatic carbocycles. The summed E-state index contributed by atoms with van der Waals surface area (Å²) < 4.78 is 7.74. The summed E-state index contributed by atoms with van der Waals surface area (Å²) in [5, 5.41) is 8.25. The minimum atomic E-state index is 0.219. The van der Waals surface area contributed by atoms with E-state index >= 15 is 0 Å². The van der Waals surface area contributed by atoms with E-state index in [1.165, 1.54) is 12.8 Å². The summed E-state index contributed by atoms with van der Waals surface area (Å²) in [4.78, 5) is 11.0. The van der Waals surface area contributed by atoms with Crippen LogP contribution < -0.4 is 4.90 Å². The first kappa shape index (κ1) is 12.0. The molecule has 2 fully saturated rings. The second-order valence-electron chi connectivity index (χ2n) is 5.81. The summed E-state index contributed by atoms with van der Waals surface area (Å²) in [7, 11) is 1.85. The van der Waals surface area contributed by atoms with E-state index in [1.54, 1.807) is 11.0 Å². The van der Waals surface area contributed by atoms with Gasteiger partial charge < -0.3 is 9.64 Å². The SMILES string of the molecule is C[C@H]1CN(c2ncnc3c2nnn3C)C[C@@H](C2CC2)O1. The molecule has 1 aliphatic carbocycles. The Kier molecular flexibility index (Phi) is 2.63. The van der Waals surface area contributed by atoms with E-state index in [2.05, 4.69) is 32.1 Å². The molecular weight excluding hydrogens is 256 g/mol. The van der Waals surface area contributed by atoms with Crippen molar-refractivity contribution in [2.24, 2.45) is 13.0 Å². The van der Waals surface area contributed by atoms with E-state index in [9.17, 15) is 0 Å². The molecule has 1 saturated carbocycles. The highest BCUT2D eigenvalue weighted by Gasteiger charge is 2.38. The zero-order valence-electron chi connectivity index (χ0n) is 11.7. The maximum atomic E-state index is 6.05. The van der Waals surface area contributed by atoms with Crippen molar-refractivity contribution in [3.05, 3.63) is 6.33 Å². The quantitative estimate of drug-likeness (QED) is 0.805. The van der Waals surface area contributed by atoms with E-state index in [0.29, 0.717) is 6.10 Å². The van der Waals surface area contributed by atoms with Gasteiger partial charge in [-0.1, -0.05) is 5.21 Å². The Bertz CT molecular complexity index is 637. The summed E-state index contributed by atoms with van der Waals surface area (Å²) in [6, 6.07) is 0. The van der Waals surface area contributed by atoms with E-state index in [1.807, 2.05) is 7.05 Å². The van der Waals surface area contributed by atoms with Crippen LogP contribution in [0.1, 0.15) is 19.8 Å². The van der Waals surface area contributed by atoms with Crippen molar-refractivity contribution in [1.82, 2.24) is 25.0 Å². The number of nitrogens with zero attached hydrogens (tertiary/aromatic N) is 6. The summed E-state index contributed by atoms with van der Waals surface area (Å²) in [5.41, 5.74) is 1.55. The Morgan fingerprint density at radius 1 is 1.25 bits per heavy atom. The number of ether oxygens (including phenoxy) is 1. The van der Waals surface area contributed by atoms with Crippen LogP contribution in [0.3, 0.4) is 0 Å². The zero-order valence-corrected chi connectivity index (χ0v) is 11.7. The molecule has 1 aliphatic heterocycles.